The van der Waals surface area contributed by atoms with E-state index in [1.54, 1.807) is 24.3 Å². The molecule has 0 unspecified atom stereocenters. The van der Waals surface area contributed by atoms with Gasteiger partial charge >= 0.3 is 0 Å². The lowest BCUT2D eigenvalue weighted by molar-refractivity contribution is 0.0955. The number of amides is 1. The van der Waals surface area contributed by atoms with Crippen LogP contribution >= 0.6 is 0 Å². The fraction of sp³-hybridized carbons (Fsp3) is 0.263. The third-order valence-corrected chi connectivity index (χ3v) is 3.57. The number of carbonyl (C=O) groups is 1. The zero-order chi connectivity index (χ0) is 17.0. The Bertz CT molecular complexity index is 726. The van der Waals surface area contributed by atoms with Crippen molar-refractivity contribution in [1.29, 1.82) is 0 Å². The summed E-state index contributed by atoms with van der Waals surface area (Å²) >= 11 is 0. The van der Waals surface area contributed by atoms with Gasteiger partial charge in [0.25, 0.3) is 5.91 Å². The topological polar surface area (TPSA) is 61.7 Å². The molecule has 23 heavy (non-hydrogen) atoms. The number of rotatable bonds is 3. The minimum Gasteiger partial charge on any atom is -0.507 e. The van der Waals surface area contributed by atoms with Crippen molar-refractivity contribution in [2.45, 2.75) is 33.1 Å². The monoisotopic (exact) mass is 310 g/mol. The highest BCUT2D eigenvalue weighted by Gasteiger charge is 2.14. The molecular formula is C19H22N2O2. The number of aromatic hydroxyl groups is 1. The predicted octanol–water partition coefficient (Wildman–Crippen LogP) is 3.76. The molecule has 0 aliphatic rings. The van der Waals surface area contributed by atoms with E-state index in [0.717, 1.165) is 5.56 Å². The van der Waals surface area contributed by atoms with Crippen molar-refractivity contribution in [3.8, 4) is 5.75 Å². The van der Waals surface area contributed by atoms with Crippen molar-refractivity contribution in [1.82, 2.24) is 5.43 Å². The quantitative estimate of drug-likeness (QED) is 0.670. The zero-order valence-corrected chi connectivity index (χ0v) is 13.9. The molecule has 0 saturated carbocycles. The van der Waals surface area contributed by atoms with Gasteiger partial charge in [0.1, 0.15) is 5.75 Å². The lowest BCUT2D eigenvalue weighted by Crippen LogP contribution is -2.18. The molecule has 1 amide bonds. The Labute approximate surface area is 136 Å². The van der Waals surface area contributed by atoms with E-state index in [-0.39, 0.29) is 17.1 Å². The summed E-state index contributed by atoms with van der Waals surface area (Å²) in [5.41, 5.74) is 5.75. The van der Waals surface area contributed by atoms with E-state index in [1.165, 1.54) is 11.8 Å². The number of phenolic OH excluding ortho intramolecular Hbond substituents is 1. The maximum atomic E-state index is 12.0. The maximum absolute atomic E-state index is 12.0. The minimum atomic E-state index is -0.284. The third kappa shape index (κ3) is 4.42. The molecule has 2 aromatic rings. The first-order chi connectivity index (χ1) is 10.8. The highest BCUT2D eigenvalue weighted by Crippen LogP contribution is 2.22. The van der Waals surface area contributed by atoms with Gasteiger partial charge in [-0.15, -0.1) is 0 Å². The van der Waals surface area contributed by atoms with Crippen molar-refractivity contribution < 1.29 is 9.90 Å². The molecule has 0 aliphatic heterocycles. The van der Waals surface area contributed by atoms with Gasteiger partial charge in [0.15, 0.2) is 0 Å². The lowest BCUT2D eigenvalue weighted by Gasteiger charge is -2.18. The van der Waals surface area contributed by atoms with Crippen molar-refractivity contribution >= 4 is 12.1 Å². The van der Waals surface area contributed by atoms with E-state index < -0.39 is 0 Å². The zero-order valence-electron chi connectivity index (χ0n) is 13.9. The number of benzene rings is 2. The second-order valence-corrected chi connectivity index (χ2v) is 6.59. The van der Waals surface area contributed by atoms with Crippen LogP contribution in [0.15, 0.2) is 47.6 Å². The van der Waals surface area contributed by atoms with Crippen LogP contribution in [0.4, 0.5) is 0 Å². The van der Waals surface area contributed by atoms with Crippen LogP contribution in [-0.4, -0.2) is 17.2 Å². The highest BCUT2D eigenvalue weighted by molar-refractivity contribution is 5.95. The molecule has 0 atom stereocenters. The van der Waals surface area contributed by atoms with E-state index in [2.05, 4.69) is 31.3 Å². The molecule has 0 saturated heterocycles. The Morgan fingerprint density at radius 3 is 2.35 bits per heavy atom. The molecule has 0 bridgehead atoms. The molecule has 4 heteroatoms. The van der Waals surface area contributed by atoms with Gasteiger partial charge in [-0.25, -0.2) is 5.43 Å². The summed E-state index contributed by atoms with van der Waals surface area (Å²) in [6.07, 6.45) is 1.43. The summed E-state index contributed by atoms with van der Waals surface area (Å²) < 4.78 is 0. The summed E-state index contributed by atoms with van der Waals surface area (Å²) in [6.45, 7) is 8.27. The SMILES string of the molecule is Cc1ccc(/C=N/NC(=O)c2ccc(C(C)(C)C)cc2)c(O)c1. The first-order valence-corrected chi connectivity index (χ1v) is 7.51. The van der Waals surface area contributed by atoms with Gasteiger partial charge in [-0.05, 0) is 47.7 Å². The number of phenols is 1. The Morgan fingerprint density at radius 2 is 1.78 bits per heavy atom. The summed E-state index contributed by atoms with van der Waals surface area (Å²) in [5, 5.41) is 13.7. The Hall–Kier alpha value is -2.62. The summed E-state index contributed by atoms with van der Waals surface area (Å²) in [6, 6.07) is 12.7. The van der Waals surface area contributed by atoms with Crippen LogP contribution in [-0.2, 0) is 5.41 Å². The van der Waals surface area contributed by atoms with Gasteiger partial charge in [-0.1, -0.05) is 39.0 Å². The summed E-state index contributed by atoms with van der Waals surface area (Å²) in [5.74, 6) is -0.147. The van der Waals surface area contributed by atoms with Crippen LogP contribution in [0.25, 0.3) is 0 Å². The smallest absolute Gasteiger partial charge is 0.271 e. The first-order valence-electron chi connectivity index (χ1n) is 7.51. The first kappa shape index (κ1) is 16.7. The van der Waals surface area contributed by atoms with E-state index in [0.29, 0.717) is 11.1 Å². The van der Waals surface area contributed by atoms with Gasteiger partial charge in [-0.3, -0.25) is 4.79 Å². The summed E-state index contributed by atoms with van der Waals surface area (Å²) in [7, 11) is 0. The number of hydrazone groups is 1. The Balaban J connectivity index is 2.03. The van der Waals surface area contributed by atoms with Crippen LogP contribution in [0, 0.1) is 6.92 Å². The normalized spacial score (nSPS) is 11.7. The molecule has 0 aromatic heterocycles. The van der Waals surface area contributed by atoms with Crippen LogP contribution in [0.3, 0.4) is 0 Å². The van der Waals surface area contributed by atoms with Crippen molar-refractivity contribution in [2.75, 3.05) is 0 Å². The molecule has 2 aromatic carbocycles. The van der Waals surface area contributed by atoms with Gasteiger partial charge in [0, 0.05) is 11.1 Å². The van der Waals surface area contributed by atoms with Crippen molar-refractivity contribution in [3.05, 3.63) is 64.7 Å². The van der Waals surface area contributed by atoms with Crippen LogP contribution in [0.5, 0.6) is 5.75 Å². The number of aryl methyl sites for hydroxylation is 1. The molecular weight excluding hydrogens is 288 g/mol. The number of hydrogen-bond donors (Lipinski definition) is 2. The van der Waals surface area contributed by atoms with E-state index in [9.17, 15) is 9.90 Å². The fourth-order valence-electron chi connectivity index (χ4n) is 2.11. The average molecular weight is 310 g/mol. The molecule has 0 radical (unpaired) electrons. The maximum Gasteiger partial charge on any atom is 0.271 e. The number of carbonyl (C=O) groups excluding carboxylic acids is 1. The van der Waals surface area contributed by atoms with E-state index >= 15 is 0 Å². The van der Waals surface area contributed by atoms with Gasteiger partial charge in [0.2, 0.25) is 0 Å². The fourth-order valence-corrected chi connectivity index (χ4v) is 2.11. The second kappa shape index (κ2) is 6.65. The molecule has 2 N–H and O–H groups in total. The largest absolute Gasteiger partial charge is 0.507 e. The molecule has 0 spiro atoms. The molecule has 120 valence electrons. The average Bonchev–Trinajstić information content (AvgIpc) is 2.48. The third-order valence-electron chi connectivity index (χ3n) is 3.57. The Morgan fingerprint density at radius 1 is 1.13 bits per heavy atom. The minimum absolute atomic E-state index is 0.0517. The van der Waals surface area contributed by atoms with Gasteiger partial charge in [0.05, 0.1) is 6.21 Å². The molecule has 2 rings (SSSR count). The van der Waals surface area contributed by atoms with Crippen LogP contribution < -0.4 is 5.43 Å². The van der Waals surface area contributed by atoms with E-state index in [4.69, 9.17) is 0 Å². The predicted molar refractivity (Wildman–Crippen MR) is 93.0 cm³/mol. The molecule has 0 heterocycles. The number of nitrogens with one attached hydrogen (secondary N) is 1. The van der Waals surface area contributed by atoms with Gasteiger partial charge in [-0.2, -0.15) is 5.10 Å². The number of nitrogens with zero attached hydrogens (tertiary/aromatic N) is 1. The summed E-state index contributed by atoms with van der Waals surface area (Å²) in [4.78, 5) is 12.0. The van der Waals surface area contributed by atoms with Crippen LogP contribution in [0.1, 0.15) is 47.8 Å². The standard InChI is InChI=1S/C19H22N2O2/c1-13-5-6-15(17(22)11-13)12-20-21-18(23)14-7-9-16(10-8-14)19(2,3)4/h5-12,22H,1-4H3,(H,21,23)/b20-12+. The van der Waals surface area contributed by atoms with Gasteiger partial charge < -0.3 is 5.11 Å². The second-order valence-electron chi connectivity index (χ2n) is 6.59. The van der Waals surface area contributed by atoms with Crippen molar-refractivity contribution in [3.63, 3.8) is 0 Å². The van der Waals surface area contributed by atoms with Crippen LogP contribution in [0.2, 0.25) is 0 Å². The molecule has 0 aliphatic carbocycles. The van der Waals surface area contributed by atoms with E-state index in [1.807, 2.05) is 25.1 Å². The van der Waals surface area contributed by atoms with Crippen molar-refractivity contribution in [2.24, 2.45) is 5.10 Å². The lowest BCUT2D eigenvalue weighted by atomic mass is 9.87. The number of hydrogen-bond acceptors (Lipinski definition) is 3. The Kier molecular flexibility index (Phi) is 4.84. The molecule has 0 fully saturated rings. The molecule has 4 nitrogen and oxygen atoms in total. The highest BCUT2D eigenvalue weighted by atomic mass is 16.3.